The van der Waals surface area contributed by atoms with Crippen LogP contribution >= 0.6 is 15.9 Å². The topological polar surface area (TPSA) is 78.5 Å². The zero-order chi connectivity index (χ0) is 18.7. The Hall–Kier alpha value is -2.74. The summed E-state index contributed by atoms with van der Waals surface area (Å²) < 4.78 is 14.4. The standard InChI is InChI=1S/C18H15BrFN3O3/c19-12-5-7-13(8-6-12)23-10-11(9-16(23)24)17(25)21-22-18(26)14-3-1-2-4-15(14)20/h1-8,11H,9-10H2,(H,21,25)(H,22,26)/t11-/m0/s1. The third-order valence-corrected chi connectivity index (χ3v) is 4.58. The van der Waals surface area contributed by atoms with Gasteiger partial charge in [-0.2, -0.15) is 0 Å². The minimum atomic E-state index is -0.759. The number of nitrogens with zero attached hydrogens (tertiary/aromatic N) is 1. The van der Waals surface area contributed by atoms with Crippen LogP contribution in [0.4, 0.5) is 10.1 Å². The van der Waals surface area contributed by atoms with Crippen molar-refractivity contribution in [3.63, 3.8) is 0 Å². The number of amides is 3. The zero-order valence-corrected chi connectivity index (χ0v) is 15.1. The van der Waals surface area contributed by atoms with E-state index in [0.717, 1.165) is 10.5 Å². The molecule has 2 N–H and O–H groups in total. The predicted octanol–water partition coefficient (Wildman–Crippen LogP) is 2.40. The molecule has 0 saturated carbocycles. The van der Waals surface area contributed by atoms with E-state index in [0.29, 0.717) is 5.69 Å². The molecule has 3 rings (SSSR count). The van der Waals surface area contributed by atoms with E-state index in [4.69, 9.17) is 0 Å². The Morgan fingerprint density at radius 3 is 2.46 bits per heavy atom. The number of rotatable bonds is 3. The zero-order valence-electron chi connectivity index (χ0n) is 13.5. The Kier molecular flexibility index (Phi) is 5.32. The molecule has 0 radical (unpaired) electrons. The first-order chi connectivity index (χ1) is 12.5. The van der Waals surface area contributed by atoms with Crippen LogP contribution in [-0.2, 0) is 9.59 Å². The van der Waals surface area contributed by atoms with Crippen LogP contribution in [0.25, 0.3) is 0 Å². The van der Waals surface area contributed by atoms with E-state index in [1.807, 2.05) is 12.1 Å². The van der Waals surface area contributed by atoms with Gasteiger partial charge in [0.2, 0.25) is 11.8 Å². The van der Waals surface area contributed by atoms with Crippen LogP contribution in [0.15, 0.2) is 53.0 Å². The first-order valence-electron chi connectivity index (χ1n) is 7.86. The second-order valence-corrected chi connectivity index (χ2v) is 6.72. The molecule has 1 aliphatic heterocycles. The molecule has 1 heterocycles. The van der Waals surface area contributed by atoms with Gasteiger partial charge in [-0.3, -0.25) is 25.2 Å². The van der Waals surface area contributed by atoms with Crippen LogP contribution in [0.3, 0.4) is 0 Å². The molecule has 2 aromatic carbocycles. The summed E-state index contributed by atoms with van der Waals surface area (Å²) >= 11 is 3.33. The van der Waals surface area contributed by atoms with E-state index in [-0.39, 0.29) is 24.4 Å². The van der Waals surface area contributed by atoms with Gasteiger partial charge in [0.1, 0.15) is 5.82 Å². The fourth-order valence-electron chi connectivity index (χ4n) is 2.69. The molecule has 1 fully saturated rings. The van der Waals surface area contributed by atoms with Gasteiger partial charge < -0.3 is 4.90 Å². The Bertz CT molecular complexity index is 857. The van der Waals surface area contributed by atoms with Crippen molar-refractivity contribution in [2.45, 2.75) is 6.42 Å². The minimum Gasteiger partial charge on any atom is -0.312 e. The number of hydrogen-bond donors (Lipinski definition) is 2. The number of anilines is 1. The molecule has 134 valence electrons. The molecule has 8 heteroatoms. The SMILES string of the molecule is O=C(NNC(=O)[C@H]1CC(=O)N(c2ccc(Br)cc2)C1)c1ccccc1F. The van der Waals surface area contributed by atoms with Crippen LogP contribution in [0.2, 0.25) is 0 Å². The fourth-order valence-corrected chi connectivity index (χ4v) is 2.95. The number of hydrazine groups is 1. The van der Waals surface area contributed by atoms with Gasteiger partial charge in [-0.25, -0.2) is 4.39 Å². The Labute approximate surface area is 157 Å². The van der Waals surface area contributed by atoms with Crippen LogP contribution in [-0.4, -0.2) is 24.3 Å². The molecule has 6 nitrogen and oxygen atoms in total. The highest BCUT2D eigenvalue weighted by Gasteiger charge is 2.35. The van der Waals surface area contributed by atoms with Gasteiger partial charge in [-0.1, -0.05) is 28.1 Å². The summed E-state index contributed by atoms with van der Waals surface area (Å²) in [5.41, 5.74) is 4.96. The lowest BCUT2D eigenvalue weighted by molar-refractivity contribution is -0.126. The van der Waals surface area contributed by atoms with E-state index in [2.05, 4.69) is 26.8 Å². The van der Waals surface area contributed by atoms with Gasteiger partial charge in [0.25, 0.3) is 5.91 Å². The fraction of sp³-hybridized carbons (Fsp3) is 0.167. The van der Waals surface area contributed by atoms with Crippen molar-refractivity contribution in [1.29, 1.82) is 0 Å². The second-order valence-electron chi connectivity index (χ2n) is 5.81. The van der Waals surface area contributed by atoms with Gasteiger partial charge in [0, 0.05) is 23.1 Å². The van der Waals surface area contributed by atoms with Crippen molar-refractivity contribution in [1.82, 2.24) is 10.9 Å². The van der Waals surface area contributed by atoms with E-state index in [1.165, 1.54) is 23.1 Å². The van der Waals surface area contributed by atoms with Gasteiger partial charge in [-0.15, -0.1) is 0 Å². The summed E-state index contributed by atoms with van der Waals surface area (Å²) in [6, 6.07) is 12.6. The average Bonchev–Trinajstić information content (AvgIpc) is 3.02. The van der Waals surface area contributed by atoms with E-state index in [9.17, 15) is 18.8 Å². The first kappa shape index (κ1) is 18.1. The molecular formula is C18H15BrFN3O3. The lowest BCUT2D eigenvalue weighted by Gasteiger charge is -2.17. The predicted molar refractivity (Wildman–Crippen MR) is 96.6 cm³/mol. The van der Waals surface area contributed by atoms with Crippen LogP contribution in [0.1, 0.15) is 16.8 Å². The maximum absolute atomic E-state index is 13.6. The van der Waals surface area contributed by atoms with Crippen molar-refractivity contribution in [3.8, 4) is 0 Å². The van der Waals surface area contributed by atoms with Gasteiger partial charge >= 0.3 is 0 Å². The molecule has 3 amide bonds. The largest absolute Gasteiger partial charge is 0.312 e. The number of nitrogens with one attached hydrogen (secondary N) is 2. The highest BCUT2D eigenvalue weighted by molar-refractivity contribution is 9.10. The molecule has 1 saturated heterocycles. The van der Waals surface area contributed by atoms with E-state index >= 15 is 0 Å². The molecular weight excluding hydrogens is 405 g/mol. The molecule has 2 aromatic rings. The second kappa shape index (κ2) is 7.65. The molecule has 0 spiro atoms. The molecule has 0 aliphatic carbocycles. The average molecular weight is 420 g/mol. The van der Waals surface area contributed by atoms with Gasteiger partial charge in [0.05, 0.1) is 11.5 Å². The molecule has 0 aromatic heterocycles. The highest BCUT2D eigenvalue weighted by Crippen LogP contribution is 2.26. The molecule has 0 bridgehead atoms. The maximum Gasteiger partial charge on any atom is 0.272 e. The van der Waals surface area contributed by atoms with Crippen molar-refractivity contribution >= 4 is 39.3 Å². The molecule has 0 unspecified atom stereocenters. The molecule has 1 atom stereocenters. The van der Waals surface area contributed by atoms with Gasteiger partial charge in [-0.05, 0) is 36.4 Å². The first-order valence-corrected chi connectivity index (χ1v) is 8.65. The lowest BCUT2D eigenvalue weighted by atomic mass is 10.1. The van der Waals surface area contributed by atoms with Crippen LogP contribution in [0, 0.1) is 11.7 Å². The van der Waals surface area contributed by atoms with Crippen LogP contribution in [0.5, 0.6) is 0 Å². The van der Waals surface area contributed by atoms with Gasteiger partial charge in [0.15, 0.2) is 0 Å². The van der Waals surface area contributed by atoms with Crippen molar-refractivity contribution in [2.75, 3.05) is 11.4 Å². The Balaban J connectivity index is 1.59. The number of carbonyl (C=O) groups excluding carboxylic acids is 3. The number of hydrogen-bond acceptors (Lipinski definition) is 3. The monoisotopic (exact) mass is 419 g/mol. The van der Waals surface area contributed by atoms with Crippen molar-refractivity contribution in [3.05, 3.63) is 64.4 Å². The third kappa shape index (κ3) is 3.91. The van der Waals surface area contributed by atoms with E-state index < -0.39 is 23.5 Å². The van der Waals surface area contributed by atoms with E-state index in [1.54, 1.807) is 12.1 Å². The summed E-state index contributed by atoms with van der Waals surface area (Å²) in [5, 5.41) is 0. The number of carbonyl (C=O) groups is 3. The minimum absolute atomic E-state index is 0.0392. The molecule has 26 heavy (non-hydrogen) atoms. The van der Waals surface area contributed by atoms with Crippen molar-refractivity contribution < 1.29 is 18.8 Å². The highest BCUT2D eigenvalue weighted by atomic mass is 79.9. The summed E-state index contributed by atoms with van der Waals surface area (Å²) in [6.45, 7) is 0.210. The van der Waals surface area contributed by atoms with Crippen LogP contribution < -0.4 is 15.8 Å². The normalized spacial score (nSPS) is 16.5. The Morgan fingerprint density at radius 1 is 1.08 bits per heavy atom. The number of halogens is 2. The number of benzene rings is 2. The third-order valence-electron chi connectivity index (χ3n) is 4.05. The molecule has 1 aliphatic rings. The summed E-state index contributed by atoms with van der Waals surface area (Å²) in [6.07, 6.45) is 0.0392. The summed E-state index contributed by atoms with van der Waals surface area (Å²) in [4.78, 5) is 37.9. The summed E-state index contributed by atoms with van der Waals surface area (Å²) in [7, 11) is 0. The Morgan fingerprint density at radius 2 is 1.77 bits per heavy atom. The smallest absolute Gasteiger partial charge is 0.272 e. The quantitative estimate of drug-likeness (QED) is 0.749. The lowest BCUT2D eigenvalue weighted by Crippen LogP contribution is -2.45. The maximum atomic E-state index is 13.6. The van der Waals surface area contributed by atoms with Crippen molar-refractivity contribution in [2.24, 2.45) is 5.92 Å². The summed E-state index contributed by atoms with van der Waals surface area (Å²) in [5.74, 6) is -2.72.